The number of amidine groups is 1. The van der Waals surface area contributed by atoms with Gasteiger partial charge in [0.25, 0.3) is 0 Å². The van der Waals surface area contributed by atoms with E-state index in [1.807, 2.05) is 44.2 Å². The minimum atomic E-state index is 0.0931. The summed E-state index contributed by atoms with van der Waals surface area (Å²) >= 11 is 1.57. The zero-order valence-corrected chi connectivity index (χ0v) is 12.1. The Morgan fingerprint density at radius 2 is 1.95 bits per heavy atom. The number of pyridine rings is 1. The Hall–Kier alpha value is -1.81. The first-order valence-electron chi connectivity index (χ1n) is 6.04. The zero-order chi connectivity index (χ0) is 14.0. The molecule has 0 unspecified atom stereocenters. The lowest BCUT2D eigenvalue weighted by Crippen LogP contribution is -2.12. The average Bonchev–Trinajstić information content (AvgIpc) is 2.30. The Labute approximate surface area is 117 Å². The lowest BCUT2D eigenvalue weighted by atomic mass is 10.1. The molecule has 98 valence electrons. The first-order valence-corrected chi connectivity index (χ1v) is 6.86. The van der Waals surface area contributed by atoms with Crippen molar-refractivity contribution in [3.8, 4) is 0 Å². The van der Waals surface area contributed by atoms with Crippen LogP contribution in [0.25, 0.3) is 0 Å². The number of benzene rings is 1. The van der Waals surface area contributed by atoms with E-state index in [0.29, 0.717) is 0 Å². The van der Waals surface area contributed by atoms with Gasteiger partial charge in [-0.25, -0.2) is 4.98 Å². The molecule has 0 saturated heterocycles. The van der Waals surface area contributed by atoms with Gasteiger partial charge in [-0.2, -0.15) is 0 Å². The first kappa shape index (κ1) is 13.6. The summed E-state index contributed by atoms with van der Waals surface area (Å²) in [5.74, 6) is 0.0931. The third-order valence-electron chi connectivity index (χ3n) is 2.78. The van der Waals surface area contributed by atoms with E-state index in [4.69, 9.17) is 11.1 Å². The van der Waals surface area contributed by atoms with Crippen LogP contribution in [-0.2, 0) is 0 Å². The first-order chi connectivity index (χ1) is 8.97. The summed E-state index contributed by atoms with van der Waals surface area (Å²) in [6.07, 6.45) is 0. The van der Waals surface area contributed by atoms with E-state index >= 15 is 0 Å². The maximum Gasteiger partial charge on any atom is 0.123 e. The molecule has 1 heterocycles. The number of aromatic nitrogens is 1. The van der Waals surface area contributed by atoms with Crippen molar-refractivity contribution in [3.63, 3.8) is 0 Å². The smallest absolute Gasteiger partial charge is 0.123 e. The summed E-state index contributed by atoms with van der Waals surface area (Å²) in [7, 11) is 0. The molecule has 0 spiro atoms. The minimum absolute atomic E-state index is 0.0931. The van der Waals surface area contributed by atoms with Crippen LogP contribution in [0.5, 0.6) is 0 Å². The molecular formula is C15H17N3S. The van der Waals surface area contributed by atoms with Gasteiger partial charge in [-0.05, 0) is 44.0 Å². The minimum Gasteiger partial charge on any atom is -0.384 e. The van der Waals surface area contributed by atoms with E-state index in [2.05, 4.69) is 11.9 Å². The van der Waals surface area contributed by atoms with Crippen LogP contribution in [0.15, 0.2) is 40.3 Å². The molecule has 0 radical (unpaired) electrons. The van der Waals surface area contributed by atoms with Gasteiger partial charge in [0.1, 0.15) is 10.9 Å². The highest BCUT2D eigenvalue weighted by Crippen LogP contribution is 2.32. The molecule has 2 rings (SSSR count). The van der Waals surface area contributed by atoms with Crippen molar-refractivity contribution < 1.29 is 0 Å². The van der Waals surface area contributed by atoms with Gasteiger partial charge in [0, 0.05) is 16.2 Å². The normalized spacial score (nSPS) is 10.5. The molecule has 0 fully saturated rings. The highest BCUT2D eigenvalue weighted by atomic mass is 32.2. The van der Waals surface area contributed by atoms with Crippen LogP contribution >= 0.6 is 11.8 Å². The Kier molecular flexibility index (Phi) is 3.90. The molecule has 4 heteroatoms. The van der Waals surface area contributed by atoms with Crippen LogP contribution in [0.1, 0.15) is 22.4 Å². The Morgan fingerprint density at radius 1 is 1.21 bits per heavy atom. The SMILES string of the molecule is Cc1cc(C)nc(Sc2c(C)cccc2C(=N)N)c1. The van der Waals surface area contributed by atoms with Gasteiger partial charge in [-0.3, -0.25) is 5.41 Å². The average molecular weight is 271 g/mol. The number of hydrogen-bond acceptors (Lipinski definition) is 3. The quantitative estimate of drug-likeness (QED) is 0.664. The summed E-state index contributed by atoms with van der Waals surface area (Å²) in [4.78, 5) is 5.53. The second kappa shape index (κ2) is 5.45. The number of hydrogen-bond donors (Lipinski definition) is 2. The van der Waals surface area contributed by atoms with E-state index in [1.165, 1.54) is 5.56 Å². The Morgan fingerprint density at radius 3 is 2.58 bits per heavy atom. The van der Waals surface area contributed by atoms with Crippen molar-refractivity contribution in [3.05, 3.63) is 52.7 Å². The van der Waals surface area contributed by atoms with Crippen LogP contribution in [-0.4, -0.2) is 10.8 Å². The molecule has 1 aromatic carbocycles. The molecule has 0 saturated carbocycles. The van der Waals surface area contributed by atoms with Crippen molar-refractivity contribution >= 4 is 17.6 Å². The van der Waals surface area contributed by atoms with Crippen LogP contribution in [0, 0.1) is 26.2 Å². The van der Waals surface area contributed by atoms with Gasteiger partial charge in [-0.1, -0.05) is 30.0 Å². The summed E-state index contributed by atoms with van der Waals surface area (Å²) in [5.41, 5.74) is 9.71. The predicted molar refractivity (Wildman–Crippen MR) is 80.0 cm³/mol. The second-order valence-electron chi connectivity index (χ2n) is 4.59. The van der Waals surface area contributed by atoms with Crippen LogP contribution < -0.4 is 5.73 Å². The highest BCUT2D eigenvalue weighted by Gasteiger charge is 2.11. The second-order valence-corrected chi connectivity index (χ2v) is 5.62. The number of nitrogens with zero attached hydrogens (tertiary/aromatic N) is 1. The molecule has 3 nitrogen and oxygen atoms in total. The van der Waals surface area contributed by atoms with Gasteiger partial charge in [0.2, 0.25) is 0 Å². The molecular weight excluding hydrogens is 254 g/mol. The summed E-state index contributed by atoms with van der Waals surface area (Å²) in [6.45, 7) is 6.07. The van der Waals surface area contributed by atoms with E-state index in [9.17, 15) is 0 Å². The van der Waals surface area contributed by atoms with Crippen molar-refractivity contribution in [1.29, 1.82) is 5.41 Å². The molecule has 19 heavy (non-hydrogen) atoms. The maximum absolute atomic E-state index is 7.67. The molecule has 0 aliphatic heterocycles. The summed E-state index contributed by atoms with van der Waals surface area (Å²) in [5, 5.41) is 8.61. The molecule has 1 aromatic heterocycles. The molecule has 2 aromatic rings. The third-order valence-corrected chi connectivity index (χ3v) is 3.95. The van der Waals surface area contributed by atoms with E-state index < -0.39 is 0 Å². The standard InChI is InChI=1S/C15H17N3S/c1-9-7-11(3)18-13(8-9)19-14-10(2)5-4-6-12(14)15(16)17/h4-8H,1-3H3,(H3,16,17). The Balaban J connectivity index is 2.45. The molecule has 3 N–H and O–H groups in total. The number of nitrogen functional groups attached to an aromatic ring is 1. The third kappa shape index (κ3) is 3.15. The topological polar surface area (TPSA) is 62.8 Å². The number of aryl methyl sites for hydroxylation is 3. The number of rotatable bonds is 3. The fourth-order valence-electron chi connectivity index (χ4n) is 1.96. The predicted octanol–water partition coefficient (Wildman–Crippen LogP) is 3.44. The van der Waals surface area contributed by atoms with Crippen molar-refractivity contribution in [2.75, 3.05) is 0 Å². The lowest BCUT2D eigenvalue weighted by molar-refractivity contribution is 1.04. The van der Waals surface area contributed by atoms with Crippen LogP contribution in [0.3, 0.4) is 0 Å². The van der Waals surface area contributed by atoms with Crippen molar-refractivity contribution in [2.45, 2.75) is 30.7 Å². The molecule has 0 amide bonds. The molecule has 0 aliphatic carbocycles. The van der Waals surface area contributed by atoms with Crippen LogP contribution in [0.2, 0.25) is 0 Å². The molecule has 0 atom stereocenters. The maximum atomic E-state index is 7.67. The van der Waals surface area contributed by atoms with Gasteiger partial charge in [0.05, 0.1) is 0 Å². The van der Waals surface area contributed by atoms with Gasteiger partial charge < -0.3 is 5.73 Å². The zero-order valence-electron chi connectivity index (χ0n) is 11.3. The van der Waals surface area contributed by atoms with E-state index in [1.54, 1.807) is 11.8 Å². The lowest BCUT2D eigenvalue weighted by Gasteiger charge is -2.11. The van der Waals surface area contributed by atoms with E-state index in [0.717, 1.165) is 26.7 Å². The van der Waals surface area contributed by atoms with Crippen molar-refractivity contribution in [2.24, 2.45) is 5.73 Å². The van der Waals surface area contributed by atoms with Crippen molar-refractivity contribution in [1.82, 2.24) is 4.98 Å². The van der Waals surface area contributed by atoms with Crippen LogP contribution in [0.4, 0.5) is 0 Å². The van der Waals surface area contributed by atoms with Gasteiger partial charge in [0.15, 0.2) is 0 Å². The fourth-order valence-corrected chi connectivity index (χ4v) is 3.12. The largest absolute Gasteiger partial charge is 0.384 e. The molecule has 0 aliphatic rings. The molecule has 0 bridgehead atoms. The van der Waals surface area contributed by atoms with Gasteiger partial charge in [-0.15, -0.1) is 0 Å². The monoisotopic (exact) mass is 271 g/mol. The summed E-state index contributed by atoms with van der Waals surface area (Å²) in [6, 6.07) is 9.92. The number of nitrogens with two attached hydrogens (primary N) is 1. The van der Waals surface area contributed by atoms with E-state index in [-0.39, 0.29) is 5.84 Å². The number of nitrogens with one attached hydrogen (secondary N) is 1. The van der Waals surface area contributed by atoms with Gasteiger partial charge >= 0.3 is 0 Å². The Bertz CT molecular complexity index is 615. The summed E-state index contributed by atoms with van der Waals surface area (Å²) < 4.78 is 0. The highest BCUT2D eigenvalue weighted by molar-refractivity contribution is 7.99. The fraction of sp³-hybridized carbons (Fsp3) is 0.200.